The van der Waals surface area contributed by atoms with E-state index in [4.69, 9.17) is 4.74 Å². The van der Waals surface area contributed by atoms with Gasteiger partial charge in [0.1, 0.15) is 17.4 Å². The van der Waals surface area contributed by atoms with Crippen molar-refractivity contribution in [2.75, 3.05) is 13.1 Å². The van der Waals surface area contributed by atoms with Gasteiger partial charge in [0.05, 0.1) is 11.1 Å². The van der Waals surface area contributed by atoms with E-state index in [0.717, 1.165) is 24.8 Å². The van der Waals surface area contributed by atoms with Gasteiger partial charge in [0.15, 0.2) is 5.78 Å². The number of ether oxygens (including phenoxy) is 1. The number of nitriles is 1. The third kappa shape index (κ3) is 3.35. The molecule has 1 spiro atoms. The summed E-state index contributed by atoms with van der Waals surface area (Å²) < 4.78 is 6.20. The fraction of sp³-hybridized carbons (Fsp3) is 0.542. The Hall–Kier alpha value is -2.61. The maximum Gasteiger partial charge on any atom is 0.257 e. The Balaban J connectivity index is 1.63. The first-order valence-corrected chi connectivity index (χ1v) is 10.3. The molecule has 1 aromatic carbocycles. The normalized spacial score (nSPS) is 27.1. The van der Waals surface area contributed by atoms with Crippen LogP contribution in [0.5, 0.6) is 5.75 Å². The number of carbonyl (C=O) groups excluding carboxylic acids is 2. The molecule has 152 valence electrons. The molecule has 0 unspecified atom stereocenters. The Morgan fingerprint density at radius 2 is 1.97 bits per heavy atom. The third-order valence-corrected chi connectivity index (χ3v) is 6.60. The van der Waals surface area contributed by atoms with Gasteiger partial charge in [0.2, 0.25) is 0 Å². The SMILES string of the molecule is CC1(C)CCc2cccc(C(=O)N3CC[C@@]4(C=C(C#N)C(=O)C(C)(C)C4)C3)c2O1. The molecule has 5 heteroatoms. The monoisotopic (exact) mass is 392 g/mol. The molecule has 1 fully saturated rings. The van der Waals surface area contributed by atoms with Crippen molar-refractivity contribution in [3.05, 3.63) is 41.0 Å². The smallest absolute Gasteiger partial charge is 0.257 e. The Kier molecular flexibility index (Phi) is 4.38. The summed E-state index contributed by atoms with van der Waals surface area (Å²) in [5.41, 5.74) is 0.750. The molecule has 3 aliphatic rings. The molecule has 1 aliphatic carbocycles. The Morgan fingerprint density at radius 3 is 2.69 bits per heavy atom. The predicted octanol–water partition coefficient (Wildman–Crippen LogP) is 4.07. The van der Waals surface area contributed by atoms with Gasteiger partial charge in [-0.1, -0.05) is 32.1 Å². The van der Waals surface area contributed by atoms with Gasteiger partial charge in [0.25, 0.3) is 5.91 Å². The maximum atomic E-state index is 13.4. The van der Waals surface area contributed by atoms with E-state index in [9.17, 15) is 14.9 Å². The highest BCUT2D eigenvalue weighted by Crippen LogP contribution is 2.48. The van der Waals surface area contributed by atoms with Crippen LogP contribution in [-0.2, 0) is 11.2 Å². The average Bonchev–Trinajstić information content (AvgIpc) is 3.06. The van der Waals surface area contributed by atoms with Gasteiger partial charge >= 0.3 is 0 Å². The number of fused-ring (bicyclic) bond motifs is 1. The van der Waals surface area contributed by atoms with Crippen LogP contribution in [-0.4, -0.2) is 35.3 Å². The molecule has 0 radical (unpaired) electrons. The lowest BCUT2D eigenvalue weighted by atomic mass is 9.64. The van der Waals surface area contributed by atoms with E-state index in [0.29, 0.717) is 30.8 Å². The number of benzene rings is 1. The number of ketones is 1. The van der Waals surface area contributed by atoms with E-state index in [-0.39, 0.29) is 28.3 Å². The fourth-order valence-electron chi connectivity index (χ4n) is 5.17. The molecule has 1 atom stereocenters. The van der Waals surface area contributed by atoms with Crippen LogP contribution in [0.15, 0.2) is 29.8 Å². The van der Waals surface area contributed by atoms with Crippen LogP contribution >= 0.6 is 0 Å². The van der Waals surface area contributed by atoms with E-state index in [1.165, 1.54) is 0 Å². The van der Waals surface area contributed by atoms with Crippen LogP contribution in [0.3, 0.4) is 0 Å². The number of para-hydroxylation sites is 1. The Labute approximate surface area is 172 Å². The third-order valence-electron chi connectivity index (χ3n) is 6.60. The summed E-state index contributed by atoms with van der Waals surface area (Å²) in [6, 6.07) is 7.88. The number of carbonyl (C=O) groups is 2. The van der Waals surface area contributed by atoms with Gasteiger partial charge in [-0.2, -0.15) is 5.26 Å². The van der Waals surface area contributed by atoms with Crippen LogP contribution in [0.1, 0.15) is 62.9 Å². The largest absolute Gasteiger partial charge is 0.487 e. The molecular formula is C24H28N2O3. The Morgan fingerprint density at radius 1 is 1.21 bits per heavy atom. The number of allylic oxidation sites excluding steroid dienone is 1. The van der Waals surface area contributed by atoms with Crippen LogP contribution in [0.25, 0.3) is 0 Å². The van der Waals surface area contributed by atoms with Crippen molar-refractivity contribution in [3.8, 4) is 11.8 Å². The van der Waals surface area contributed by atoms with E-state index >= 15 is 0 Å². The fourth-order valence-corrected chi connectivity index (χ4v) is 5.17. The van der Waals surface area contributed by atoms with Crippen molar-refractivity contribution in [2.24, 2.45) is 10.8 Å². The quantitative estimate of drug-likeness (QED) is 0.722. The van der Waals surface area contributed by atoms with Gasteiger partial charge in [0, 0.05) is 23.9 Å². The highest BCUT2D eigenvalue weighted by Gasteiger charge is 2.49. The van der Waals surface area contributed by atoms with E-state index in [2.05, 4.69) is 19.9 Å². The number of amides is 1. The van der Waals surface area contributed by atoms with Crippen LogP contribution in [0, 0.1) is 22.2 Å². The first kappa shape index (κ1) is 19.7. The summed E-state index contributed by atoms with van der Waals surface area (Å²) in [5.74, 6) is 0.586. The molecule has 1 amide bonds. The van der Waals surface area contributed by atoms with Crippen molar-refractivity contribution in [2.45, 2.75) is 59.0 Å². The molecule has 4 rings (SSSR count). The predicted molar refractivity (Wildman–Crippen MR) is 110 cm³/mol. The number of hydrogen-bond acceptors (Lipinski definition) is 4. The minimum absolute atomic E-state index is 0.0296. The molecule has 1 saturated heterocycles. The van der Waals surface area contributed by atoms with Crippen LogP contribution < -0.4 is 4.74 Å². The second-order valence-corrected chi connectivity index (χ2v) is 10.1. The number of rotatable bonds is 1. The summed E-state index contributed by atoms with van der Waals surface area (Å²) in [6.07, 6.45) is 5.08. The summed E-state index contributed by atoms with van der Waals surface area (Å²) in [4.78, 5) is 27.8. The number of nitrogens with zero attached hydrogens (tertiary/aromatic N) is 2. The van der Waals surface area contributed by atoms with E-state index in [1.807, 2.05) is 43.0 Å². The topological polar surface area (TPSA) is 70.4 Å². The maximum absolute atomic E-state index is 13.4. The summed E-state index contributed by atoms with van der Waals surface area (Å²) in [7, 11) is 0. The highest BCUT2D eigenvalue weighted by molar-refractivity contribution is 6.04. The molecule has 2 heterocycles. The molecule has 29 heavy (non-hydrogen) atoms. The molecule has 0 saturated carbocycles. The van der Waals surface area contributed by atoms with Crippen molar-refractivity contribution in [1.29, 1.82) is 5.26 Å². The lowest BCUT2D eigenvalue weighted by Gasteiger charge is -2.38. The number of hydrogen-bond donors (Lipinski definition) is 0. The van der Waals surface area contributed by atoms with Crippen molar-refractivity contribution in [1.82, 2.24) is 4.90 Å². The van der Waals surface area contributed by atoms with Gasteiger partial charge in [-0.05, 0) is 51.2 Å². The molecule has 1 aromatic rings. The molecule has 0 aromatic heterocycles. The number of Topliss-reactive ketones (excluding diaryl/α,β-unsaturated/α-hetero) is 1. The van der Waals surface area contributed by atoms with Crippen molar-refractivity contribution >= 4 is 11.7 Å². The second kappa shape index (κ2) is 6.45. The molecule has 0 N–H and O–H groups in total. The molecule has 5 nitrogen and oxygen atoms in total. The lowest BCUT2D eigenvalue weighted by Crippen LogP contribution is -2.41. The first-order chi connectivity index (χ1) is 13.6. The molecule has 0 bridgehead atoms. The zero-order valence-corrected chi connectivity index (χ0v) is 17.7. The highest BCUT2D eigenvalue weighted by atomic mass is 16.5. The Bertz CT molecular complexity index is 967. The van der Waals surface area contributed by atoms with Gasteiger partial charge in [-0.3, -0.25) is 9.59 Å². The minimum atomic E-state index is -0.585. The number of likely N-dealkylation sites (tertiary alicyclic amines) is 1. The standard InChI is InChI=1S/C24H28N2O3/c1-22(2)14-24(12-17(13-25)20(22)27)10-11-26(15-24)21(28)18-7-5-6-16-8-9-23(3,4)29-19(16)18/h5-7,12H,8-11,14-15H2,1-4H3/t24-/m0/s1. The zero-order valence-electron chi connectivity index (χ0n) is 17.7. The summed E-state index contributed by atoms with van der Waals surface area (Å²) in [6.45, 7) is 9.05. The average molecular weight is 392 g/mol. The summed E-state index contributed by atoms with van der Waals surface area (Å²) >= 11 is 0. The minimum Gasteiger partial charge on any atom is -0.487 e. The van der Waals surface area contributed by atoms with Gasteiger partial charge in [-0.15, -0.1) is 0 Å². The van der Waals surface area contributed by atoms with Crippen LogP contribution in [0.2, 0.25) is 0 Å². The van der Waals surface area contributed by atoms with E-state index in [1.54, 1.807) is 0 Å². The van der Waals surface area contributed by atoms with Gasteiger partial charge in [-0.25, -0.2) is 0 Å². The zero-order chi connectivity index (χ0) is 21.0. The van der Waals surface area contributed by atoms with Crippen molar-refractivity contribution < 1.29 is 14.3 Å². The molecular weight excluding hydrogens is 364 g/mol. The van der Waals surface area contributed by atoms with Crippen molar-refractivity contribution in [3.63, 3.8) is 0 Å². The van der Waals surface area contributed by atoms with E-state index < -0.39 is 5.41 Å². The molecule has 2 aliphatic heterocycles. The van der Waals surface area contributed by atoms with Gasteiger partial charge < -0.3 is 9.64 Å². The lowest BCUT2D eigenvalue weighted by molar-refractivity contribution is -0.125. The first-order valence-electron chi connectivity index (χ1n) is 10.3. The van der Waals surface area contributed by atoms with Crippen LogP contribution in [0.4, 0.5) is 0 Å². The summed E-state index contributed by atoms with van der Waals surface area (Å²) in [5, 5.41) is 9.44. The second-order valence-electron chi connectivity index (χ2n) is 10.1. The number of aryl methyl sites for hydroxylation is 1.